The summed E-state index contributed by atoms with van der Waals surface area (Å²) in [6, 6.07) is 13.2. The third-order valence-electron chi connectivity index (χ3n) is 3.17. The predicted molar refractivity (Wildman–Crippen MR) is 94.3 cm³/mol. The predicted octanol–water partition coefficient (Wildman–Crippen LogP) is 4.40. The Labute approximate surface area is 147 Å². The summed E-state index contributed by atoms with van der Waals surface area (Å²) in [4.78, 5) is 16.3. The first kappa shape index (κ1) is 16.5. The molecule has 3 rings (SSSR count). The third-order valence-corrected chi connectivity index (χ3v) is 4.47. The molecule has 1 amide bonds. The minimum absolute atomic E-state index is 0.164. The van der Waals surface area contributed by atoms with E-state index in [0.717, 1.165) is 0 Å². The van der Waals surface area contributed by atoms with Crippen molar-refractivity contribution in [3.05, 3.63) is 71.8 Å². The van der Waals surface area contributed by atoms with Crippen LogP contribution >= 0.6 is 23.4 Å². The first-order valence-electron chi connectivity index (χ1n) is 7.10. The van der Waals surface area contributed by atoms with E-state index in [0.29, 0.717) is 21.6 Å². The number of aromatic nitrogens is 2. The van der Waals surface area contributed by atoms with Gasteiger partial charge in [0.2, 0.25) is 5.91 Å². The molecular formula is C17H13ClFN3OS. The van der Waals surface area contributed by atoms with Crippen LogP contribution in [-0.4, -0.2) is 21.2 Å². The van der Waals surface area contributed by atoms with Crippen LogP contribution in [0.5, 0.6) is 0 Å². The van der Waals surface area contributed by atoms with Gasteiger partial charge >= 0.3 is 0 Å². The summed E-state index contributed by atoms with van der Waals surface area (Å²) in [5, 5.41) is 3.84. The van der Waals surface area contributed by atoms with E-state index in [-0.39, 0.29) is 17.5 Å². The van der Waals surface area contributed by atoms with Crippen LogP contribution in [0, 0.1) is 5.82 Å². The summed E-state index contributed by atoms with van der Waals surface area (Å²) in [6.07, 6.45) is 3.34. The standard InChI is InChI=1S/C17H13ClFN3OS/c18-14-6-1-2-7-15(14)21-16(23)11-24-17-20-8-9-22(17)13-5-3-4-12(19)10-13/h1-10H,11H2,(H,21,23). The molecule has 0 spiro atoms. The molecule has 2 aromatic carbocycles. The highest BCUT2D eigenvalue weighted by atomic mass is 35.5. The molecule has 1 heterocycles. The Hall–Kier alpha value is -2.31. The van der Waals surface area contributed by atoms with E-state index in [9.17, 15) is 9.18 Å². The number of imidazole rings is 1. The van der Waals surface area contributed by atoms with Crippen molar-refractivity contribution in [3.8, 4) is 5.69 Å². The van der Waals surface area contributed by atoms with Crippen LogP contribution < -0.4 is 5.32 Å². The van der Waals surface area contributed by atoms with E-state index in [1.54, 1.807) is 53.4 Å². The van der Waals surface area contributed by atoms with E-state index in [4.69, 9.17) is 11.6 Å². The minimum Gasteiger partial charge on any atom is -0.324 e. The maximum absolute atomic E-state index is 13.4. The number of amides is 1. The third kappa shape index (κ3) is 3.96. The molecule has 0 aliphatic heterocycles. The van der Waals surface area contributed by atoms with Crippen molar-refractivity contribution in [2.45, 2.75) is 5.16 Å². The van der Waals surface area contributed by atoms with E-state index >= 15 is 0 Å². The smallest absolute Gasteiger partial charge is 0.234 e. The van der Waals surface area contributed by atoms with Gasteiger partial charge in [0, 0.05) is 12.4 Å². The van der Waals surface area contributed by atoms with E-state index in [1.165, 1.54) is 23.9 Å². The first-order chi connectivity index (χ1) is 11.6. The Morgan fingerprint density at radius 1 is 1.25 bits per heavy atom. The van der Waals surface area contributed by atoms with Gasteiger partial charge in [-0.3, -0.25) is 9.36 Å². The van der Waals surface area contributed by atoms with Gasteiger partial charge in [0.25, 0.3) is 0 Å². The van der Waals surface area contributed by atoms with Crippen LogP contribution in [-0.2, 0) is 4.79 Å². The molecule has 3 aromatic rings. The van der Waals surface area contributed by atoms with Gasteiger partial charge < -0.3 is 5.32 Å². The number of carbonyl (C=O) groups is 1. The van der Waals surface area contributed by atoms with Gasteiger partial charge in [0.05, 0.1) is 22.2 Å². The van der Waals surface area contributed by atoms with Crippen LogP contribution in [0.3, 0.4) is 0 Å². The number of hydrogen-bond acceptors (Lipinski definition) is 3. The van der Waals surface area contributed by atoms with Crippen molar-refractivity contribution >= 4 is 35.0 Å². The lowest BCUT2D eigenvalue weighted by atomic mass is 10.3. The van der Waals surface area contributed by atoms with Gasteiger partial charge in [-0.1, -0.05) is 41.6 Å². The minimum atomic E-state index is -0.325. The number of para-hydroxylation sites is 1. The molecule has 0 fully saturated rings. The molecule has 1 N–H and O–H groups in total. The number of anilines is 1. The zero-order valence-electron chi connectivity index (χ0n) is 12.4. The van der Waals surface area contributed by atoms with Crippen LogP contribution in [0.15, 0.2) is 66.1 Å². The summed E-state index contributed by atoms with van der Waals surface area (Å²) < 4.78 is 15.1. The van der Waals surface area contributed by atoms with Gasteiger partial charge in [-0.05, 0) is 30.3 Å². The number of carbonyl (C=O) groups excluding carboxylic acids is 1. The summed E-state index contributed by atoms with van der Waals surface area (Å²) in [7, 11) is 0. The average molecular weight is 362 g/mol. The van der Waals surface area contributed by atoms with Gasteiger partial charge in [0.1, 0.15) is 5.82 Å². The van der Waals surface area contributed by atoms with Gasteiger partial charge in [-0.2, -0.15) is 0 Å². The maximum Gasteiger partial charge on any atom is 0.234 e. The summed E-state index contributed by atoms with van der Waals surface area (Å²) in [6.45, 7) is 0. The van der Waals surface area contributed by atoms with Crippen molar-refractivity contribution in [2.75, 3.05) is 11.1 Å². The second kappa shape index (κ2) is 7.51. The van der Waals surface area contributed by atoms with Crippen LogP contribution in [0.25, 0.3) is 5.69 Å². The molecule has 0 unspecified atom stereocenters. The zero-order valence-corrected chi connectivity index (χ0v) is 14.0. The maximum atomic E-state index is 13.4. The number of nitrogens with zero attached hydrogens (tertiary/aromatic N) is 2. The second-order valence-corrected chi connectivity index (χ2v) is 6.23. The Kier molecular flexibility index (Phi) is 5.17. The van der Waals surface area contributed by atoms with Crippen molar-refractivity contribution in [1.82, 2.24) is 9.55 Å². The Morgan fingerprint density at radius 3 is 2.88 bits per heavy atom. The SMILES string of the molecule is O=C(CSc1nccn1-c1cccc(F)c1)Nc1ccccc1Cl. The molecule has 0 atom stereocenters. The molecule has 24 heavy (non-hydrogen) atoms. The number of rotatable bonds is 5. The molecule has 0 aliphatic rings. The number of thioether (sulfide) groups is 1. The molecule has 7 heteroatoms. The average Bonchev–Trinajstić information content (AvgIpc) is 3.04. The number of halogens is 2. The topological polar surface area (TPSA) is 46.9 Å². The highest BCUT2D eigenvalue weighted by molar-refractivity contribution is 7.99. The molecule has 0 saturated heterocycles. The van der Waals surface area contributed by atoms with Crippen molar-refractivity contribution in [1.29, 1.82) is 0 Å². The van der Waals surface area contributed by atoms with Crippen molar-refractivity contribution < 1.29 is 9.18 Å². The fourth-order valence-electron chi connectivity index (χ4n) is 2.10. The van der Waals surface area contributed by atoms with Crippen molar-refractivity contribution in [3.63, 3.8) is 0 Å². The highest BCUT2D eigenvalue weighted by Crippen LogP contribution is 2.23. The molecule has 1 aromatic heterocycles. The van der Waals surface area contributed by atoms with Crippen LogP contribution in [0.4, 0.5) is 10.1 Å². The van der Waals surface area contributed by atoms with Crippen LogP contribution in [0.1, 0.15) is 0 Å². The monoisotopic (exact) mass is 361 g/mol. The summed E-state index contributed by atoms with van der Waals surface area (Å²) >= 11 is 7.28. The van der Waals surface area contributed by atoms with Gasteiger partial charge in [0.15, 0.2) is 5.16 Å². The van der Waals surface area contributed by atoms with Crippen molar-refractivity contribution in [2.24, 2.45) is 0 Å². The molecule has 4 nitrogen and oxygen atoms in total. The fourth-order valence-corrected chi connectivity index (χ4v) is 3.05. The van der Waals surface area contributed by atoms with E-state index in [1.807, 2.05) is 0 Å². The molecule has 0 bridgehead atoms. The van der Waals surface area contributed by atoms with Gasteiger partial charge in [-0.15, -0.1) is 0 Å². The van der Waals surface area contributed by atoms with Gasteiger partial charge in [-0.25, -0.2) is 9.37 Å². The number of nitrogens with one attached hydrogen (secondary N) is 1. The zero-order chi connectivity index (χ0) is 16.9. The largest absolute Gasteiger partial charge is 0.324 e. The highest BCUT2D eigenvalue weighted by Gasteiger charge is 2.10. The second-order valence-electron chi connectivity index (χ2n) is 4.88. The molecule has 0 aliphatic carbocycles. The van der Waals surface area contributed by atoms with E-state index in [2.05, 4.69) is 10.3 Å². The van der Waals surface area contributed by atoms with E-state index < -0.39 is 0 Å². The number of benzene rings is 2. The van der Waals surface area contributed by atoms with Crippen LogP contribution in [0.2, 0.25) is 5.02 Å². The quantitative estimate of drug-likeness (QED) is 0.685. The molecule has 0 saturated carbocycles. The fraction of sp³-hybridized carbons (Fsp3) is 0.0588. The molecular weight excluding hydrogens is 349 g/mol. The molecule has 0 radical (unpaired) electrons. The Balaban J connectivity index is 1.67. The lowest BCUT2D eigenvalue weighted by Gasteiger charge is -2.09. The normalized spacial score (nSPS) is 10.6. The molecule has 122 valence electrons. The Morgan fingerprint density at radius 2 is 2.08 bits per heavy atom. The summed E-state index contributed by atoms with van der Waals surface area (Å²) in [5.41, 5.74) is 1.22. The number of hydrogen-bond donors (Lipinski definition) is 1. The summed E-state index contributed by atoms with van der Waals surface area (Å²) in [5.74, 6) is -0.354. The Bertz CT molecular complexity index is 868. The lowest BCUT2D eigenvalue weighted by Crippen LogP contribution is -2.14. The lowest BCUT2D eigenvalue weighted by molar-refractivity contribution is -0.113. The first-order valence-corrected chi connectivity index (χ1v) is 8.46.